The monoisotopic (exact) mass is 337 g/mol. The van der Waals surface area contributed by atoms with E-state index in [9.17, 15) is 4.79 Å². The van der Waals surface area contributed by atoms with Gasteiger partial charge in [0.1, 0.15) is 6.10 Å². The molecular formula is C22H27NO2. The van der Waals surface area contributed by atoms with Crippen LogP contribution in [0.3, 0.4) is 0 Å². The Labute approximate surface area is 150 Å². The number of hydrogen-bond acceptors (Lipinski definition) is 3. The molecule has 1 aliphatic rings. The SMILES string of the molecule is C[C@@H](OC(=O)CCc1ccccc1)[C@@H]1CCN(Cc2ccccc2)C1. The molecule has 0 bridgehead atoms. The van der Waals surface area contributed by atoms with Gasteiger partial charge in [0, 0.05) is 25.4 Å². The van der Waals surface area contributed by atoms with Gasteiger partial charge in [-0.3, -0.25) is 9.69 Å². The lowest BCUT2D eigenvalue weighted by molar-refractivity contribution is -0.150. The minimum absolute atomic E-state index is 0.0101. The first-order chi connectivity index (χ1) is 12.2. The van der Waals surface area contributed by atoms with Crippen molar-refractivity contribution in [3.05, 3.63) is 71.8 Å². The highest BCUT2D eigenvalue weighted by molar-refractivity contribution is 5.69. The van der Waals surface area contributed by atoms with Crippen LogP contribution in [0.4, 0.5) is 0 Å². The highest BCUT2D eigenvalue weighted by Crippen LogP contribution is 2.23. The second-order valence-corrected chi connectivity index (χ2v) is 6.95. The summed E-state index contributed by atoms with van der Waals surface area (Å²) < 4.78 is 5.69. The molecule has 1 fully saturated rings. The lowest BCUT2D eigenvalue weighted by Gasteiger charge is -2.21. The maximum Gasteiger partial charge on any atom is 0.306 e. The van der Waals surface area contributed by atoms with E-state index in [-0.39, 0.29) is 12.1 Å². The van der Waals surface area contributed by atoms with Crippen molar-refractivity contribution in [3.8, 4) is 0 Å². The summed E-state index contributed by atoms with van der Waals surface area (Å²) in [5.41, 5.74) is 2.53. The molecule has 1 aliphatic heterocycles. The Morgan fingerprint density at radius 3 is 2.40 bits per heavy atom. The van der Waals surface area contributed by atoms with Crippen molar-refractivity contribution in [2.24, 2.45) is 5.92 Å². The Hall–Kier alpha value is -2.13. The third kappa shape index (κ3) is 5.43. The van der Waals surface area contributed by atoms with Gasteiger partial charge < -0.3 is 4.74 Å². The van der Waals surface area contributed by atoms with Crippen molar-refractivity contribution in [1.82, 2.24) is 4.90 Å². The molecule has 2 aromatic carbocycles. The molecule has 0 amide bonds. The number of rotatable bonds is 7. The van der Waals surface area contributed by atoms with Crippen molar-refractivity contribution in [3.63, 3.8) is 0 Å². The molecule has 3 rings (SSSR count). The number of aryl methyl sites for hydroxylation is 1. The summed E-state index contributed by atoms with van der Waals surface area (Å²) in [6.45, 7) is 5.09. The van der Waals surface area contributed by atoms with Crippen LogP contribution in [0.5, 0.6) is 0 Å². The number of carbonyl (C=O) groups excluding carboxylic acids is 1. The number of benzene rings is 2. The third-order valence-corrected chi connectivity index (χ3v) is 5.00. The Bertz CT molecular complexity index is 656. The Morgan fingerprint density at radius 1 is 1.08 bits per heavy atom. The molecule has 0 aliphatic carbocycles. The summed E-state index contributed by atoms with van der Waals surface area (Å²) >= 11 is 0. The molecule has 3 nitrogen and oxygen atoms in total. The van der Waals surface area contributed by atoms with E-state index in [1.165, 1.54) is 11.1 Å². The maximum atomic E-state index is 12.1. The largest absolute Gasteiger partial charge is 0.462 e. The number of esters is 1. The van der Waals surface area contributed by atoms with Gasteiger partial charge in [-0.15, -0.1) is 0 Å². The summed E-state index contributed by atoms with van der Waals surface area (Å²) in [5.74, 6) is 0.349. The molecule has 0 spiro atoms. The van der Waals surface area contributed by atoms with E-state index < -0.39 is 0 Å². The van der Waals surface area contributed by atoms with Crippen molar-refractivity contribution < 1.29 is 9.53 Å². The van der Waals surface area contributed by atoms with Gasteiger partial charge in [0.15, 0.2) is 0 Å². The molecule has 2 atom stereocenters. The Morgan fingerprint density at radius 2 is 1.72 bits per heavy atom. The predicted molar refractivity (Wildman–Crippen MR) is 100 cm³/mol. The van der Waals surface area contributed by atoms with E-state index in [1.54, 1.807) is 0 Å². The topological polar surface area (TPSA) is 29.5 Å². The Balaban J connectivity index is 1.41. The summed E-state index contributed by atoms with van der Waals surface area (Å²) in [7, 11) is 0. The van der Waals surface area contributed by atoms with Crippen LogP contribution in [0.25, 0.3) is 0 Å². The molecule has 132 valence electrons. The molecule has 0 unspecified atom stereocenters. The van der Waals surface area contributed by atoms with Crippen LogP contribution in [0.2, 0.25) is 0 Å². The van der Waals surface area contributed by atoms with Gasteiger partial charge in [0.25, 0.3) is 0 Å². The van der Waals surface area contributed by atoms with E-state index in [0.29, 0.717) is 12.3 Å². The quantitative estimate of drug-likeness (QED) is 0.713. The number of hydrogen-bond donors (Lipinski definition) is 0. The molecule has 0 aromatic heterocycles. The first kappa shape index (κ1) is 17.7. The summed E-state index contributed by atoms with van der Waals surface area (Å²) in [5, 5.41) is 0. The van der Waals surface area contributed by atoms with Crippen LogP contribution >= 0.6 is 0 Å². The van der Waals surface area contributed by atoms with E-state index in [1.807, 2.05) is 31.2 Å². The Kier molecular flexibility index (Phi) is 6.24. The van der Waals surface area contributed by atoms with Gasteiger partial charge >= 0.3 is 5.97 Å². The maximum absolute atomic E-state index is 12.1. The smallest absolute Gasteiger partial charge is 0.306 e. The molecule has 1 heterocycles. The fraction of sp³-hybridized carbons (Fsp3) is 0.409. The normalized spacial score (nSPS) is 18.8. The second kappa shape index (κ2) is 8.82. The highest BCUT2D eigenvalue weighted by Gasteiger charge is 2.29. The number of likely N-dealkylation sites (tertiary alicyclic amines) is 1. The lowest BCUT2D eigenvalue weighted by atomic mass is 10.0. The minimum Gasteiger partial charge on any atom is -0.462 e. The molecule has 0 saturated carbocycles. The van der Waals surface area contributed by atoms with Crippen LogP contribution in [-0.2, 0) is 22.5 Å². The summed E-state index contributed by atoms with van der Waals surface area (Å²) in [6.07, 6.45) is 2.29. The van der Waals surface area contributed by atoms with Crippen LogP contribution in [-0.4, -0.2) is 30.1 Å². The van der Waals surface area contributed by atoms with E-state index in [0.717, 1.165) is 32.5 Å². The fourth-order valence-corrected chi connectivity index (χ4v) is 3.48. The van der Waals surface area contributed by atoms with Gasteiger partial charge in [-0.2, -0.15) is 0 Å². The third-order valence-electron chi connectivity index (χ3n) is 5.00. The standard InChI is InChI=1S/C22H27NO2/c1-18(25-22(24)13-12-19-8-4-2-5-9-19)21-14-15-23(17-21)16-20-10-6-3-7-11-20/h2-11,18,21H,12-17H2,1H3/t18-,21-/m1/s1. The van der Waals surface area contributed by atoms with Crippen molar-refractivity contribution in [2.45, 2.75) is 38.8 Å². The van der Waals surface area contributed by atoms with Crippen LogP contribution in [0.15, 0.2) is 60.7 Å². The van der Waals surface area contributed by atoms with Gasteiger partial charge in [-0.25, -0.2) is 0 Å². The molecular weight excluding hydrogens is 310 g/mol. The lowest BCUT2D eigenvalue weighted by Crippen LogP contribution is -2.27. The fourth-order valence-electron chi connectivity index (χ4n) is 3.48. The first-order valence-corrected chi connectivity index (χ1v) is 9.20. The summed E-state index contributed by atoms with van der Waals surface area (Å²) in [6, 6.07) is 20.6. The zero-order valence-electron chi connectivity index (χ0n) is 14.9. The first-order valence-electron chi connectivity index (χ1n) is 9.20. The molecule has 0 radical (unpaired) electrons. The molecule has 1 saturated heterocycles. The highest BCUT2D eigenvalue weighted by atomic mass is 16.5. The van der Waals surface area contributed by atoms with Crippen molar-refractivity contribution in [2.75, 3.05) is 13.1 Å². The van der Waals surface area contributed by atoms with E-state index >= 15 is 0 Å². The molecule has 0 N–H and O–H groups in total. The second-order valence-electron chi connectivity index (χ2n) is 6.95. The van der Waals surface area contributed by atoms with Crippen molar-refractivity contribution >= 4 is 5.97 Å². The number of ether oxygens (including phenoxy) is 1. The molecule has 25 heavy (non-hydrogen) atoms. The predicted octanol–water partition coefficient (Wildman–Crippen LogP) is 4.07. The van der Waals surface area contributed by atoms with Gasteiger partial charge in [0.2, 0.25) is 0 Å². The van der Waals surface area contributed by atoms with Crippen LogP contribution < -0.4 is 0 Å². The van der Waals surface area contributed by atoms with Crippen molar-refractivity contribution in [1.29, 1.82) is 0 Å². The van der Waals surface area contributed by atoms with Crippen LogP contribution in [0, 0.1) is 5.92 Å². The summed E-state index contributed by atoms with van der Waals surface area (Å²) in [4.78, 5) is 14.6. The molecule has 2 aromatic rings. The van der Waals surface area contributed by atoms with E-state index in [2.05, 4.69) is 41.3 Å². The number of carbonyl (C=O) groups is 1. The van der Waals surface area contributed by atoms with E-state index in [4.69, 9.17) is 4.74 Å². The number of nitrogens with zero attached hydrogens (tertiary/aromatic N) is 1. The van der Waals surface area contributed by atoms with Gasteiger partial charge in [-0.05, 0) is 37.4 Å². The van der Waals surface area contributed by atoms with Gasteiger partial charge in [-0.1, -0.05) is 60.7 Å². The zero-order chi connectivity index (χ0) is 17.5. The molecule has 3 heteroatoms. The van der Waals surface area contributed by atoms with Gasteiger partial charge in [0.05, 0.1) is 0 Å². The van der Waals surface area contributed by atoms with Crippen LogP contribution in [0.1, 0.15) is 30.9 Å². The minimum atomic E-state index is -0.0853. The zero-order valence-corrected chi connectivity index (χ0v) is 14.9. The average molecular weight is 337 g/mol. The average Bonchev–Trinajstić information content (AvgIpc) is 3.10.